The SMILES string of the molecule is CC(=O)C(CCC1(C)C(=O)C=C2C1CCC1C(C)(C)C(=O)CCC21C)C(C)CCC=C(C)C(=O)O. The number of carboxylic acids is 1. The van der Waals surface area contributed by atoms with Gasteiger partial charge in [-0.25, -0.2) is 4.79 Å². The average Bonchev–Trinajstić information content (AvgIpc) is 3.02. The summed E-state index contributed by atoms with van der Waals surface area (Å²) in [6.07, 6.45) is 9.64. The van der Waals surface area contributed by atoms with Crippen molar-refractivity contribution in [1.29, 1.82) is 0 Å². The molecule has 35 heavy (non-hydrogen) atoms. The molecule has 3 aliphatic rings. The van der Waals surface area contributed by atoms with Crippen LogP contribution in [0.25, 0.3) is 0 Å². The fraction of sp³-hybridized carbons (Fsp3) is 0.733. The Morgan fingerprint density at radius 1 is 1.11 bits per heavy atom. The van der Waals surface area contributed by atoms with Crippen molar-refractivity contribution < 1.29 is 24.3 Å². The maximum absolute atomic E-state index is 13.5. The molecule has 0 saturated heterocycles. The van der Waals surface area contributed by atoms with Crippen molar-refractivity contribution in [2.24, 2.45) is 39.9 Å². The number of carbonyl (C=O) groups excluding carboxylic acids is 3. The maximum Gasteiger partial charge on any atom is 0.330 e. The third kappa shape index (κ3) is 4.84. The third-order valence-electron chi connectivity index (χ3n) is 10.2. The van der Waals surface area contributed by atoms with E-state index in [4.69, 9.17) is 5.11 Å². The third-order valence-corrected chi connectivity index (χ3v) is 10.2. The molecule has 6 unspecified atom stereocenters. The van der Waals surface area contributed by atoms with Gasteiger partial charge in [-0.15, -0.1) is 0 Å². The minimum Gasteiger partial charge on any atom is -0.478 e. The number of aliphatic carboxylic acids is 1. The van der Waals surface area contributed by atoms with Crippen LogP contribution in [0.2, 0.25) is 0 Å². The highest BCUT2D eigenvalue weighted by Gasteiger charge is 2.60. The molecule has 1 N–H and O–H groups in total. The Bertz CT molecular complexity index is 969. The van der Waals surface area contributed by atoms with Gasteiger partial charge >= 0.3 is 5.97 Å². The van der Waals surface area contributed by atoms with Crippen LogP contribution in [0.4, 0.5) is 0 Å². The number of rotatable bonds is 9. The van der Waals surface area contributed by atoms with Crippen LogP contribution in [-0.4, -0.2) is 28.4 Å². The fourth-order valence-corrected chi connectivity index (χ4v) is 7.67. The first-order valence-corrected chi connectivity index (χ1v) is 13.4. The van der Waals surface area contributed by atoms with Gasteiger partial charge in [0.05, 0.1) is 0 Å². The first-order chi connectivity index (χ1) is 16.2. The van der Waals surface area contributed by atoms with Crippen molar-refractivity contribution in [3.8, 4) is 0 Å². The van der Waals surface area contributed by atoms with Gasteiger partial charge in [0.25, 0.3) is 0 Å². The molecule has 194 valence electrons. The predicted octanol–water partition coefficient (Wildman–Crippen LogP) is 6.36. The van der Waals surface area contributed by atoms with Crippen molar-refractivity contribution in [3.63, 3.8) is 0 Å². The molecular weight excluding hydrogens is 440 g/mol. The lowest BCUT2D eigenvalue weighted by atomic mass is 9.47. The van der Waals surface area contributed by atoms with Crippen LogP contribution >= 0.6 is 0 Å². The minimum atomic E-state index is -0.911. The summed E-state index contributed by atoms with van der Waals surface area (Å²) >= 11 is 0. The number of carbonyl (C=O) groups is 4. The van der Waals surface area contributed by atoms with Gasteiger partial charge in [0.15, 0.2) is 5.78 Å². The molecule has 0 spiro atoms. The Labute approximate surface area is 210 Å². The number of hydrogen-bond donors (Lipinski definition) is 1. The average molecular weight is 485 g/mol. The van der Waals surface area contributed by atoms with Crippen LogP contribution < -0.4 is 0 Å². The second kappa shape index (κ2) is 9.78. The molecule has 5 heteroatoms. The van der Waals surface area contributed by atoms with Crippen molar-refractivity contribution in [3.05, 3.63) is 23.3 Å². The van der Waals surface area contributed by atoms with Gasteiger partial charge in [-0.05, 0) is 88.0 Å². The summed E-state index contributed by atoms with van der Waals surface area (Å²) in [5.41, 5.74) is 0.612. The highest BCUT2D eigenvalue weighted by Crippen LogP contribution is 2.65. The second-order valence-electron chi connectivity index (χ2n) is 12.6. The Balaban J connectivity index is 1.74. The highest BCUT2D eigenvalue weighted by molar-refractivity contribution is 5.99. The van der Waals surface area contributed by atoms with Gasteiger partial charge in [-0.3, -0.25) is 14.4 Å². The molecule has 0 aliphatic heterocycles. The van der Waals surface area contributed by atoms with Gasteiger partial charge in [0, 0.05) is 28.7 Å². The fourth-order valence-electron chi connectivity index (χ4n) is 7.67. The van der Waals surface area contributed by atoms with E-state index in [1.165, 1.54) is 5.57 Å². The number of Topliss-reactive ketones (excluding diaryl/α,β-unsaturated/α-hetero) is 2. The second-order valence-corrected chi connectivity index (χ2v) is 12.6. The van der Waals surface area contributed by atoms with Crippen LogP contribution in [0.1, 0.15) is 99.8 Å². The van der Waals surface area contributed by atoms with E-state index in [0.717, 1.165) is 25.7 Å². The quantitative estimate of drug-likeness (QED) is 0.385. The zero-order chi connectivity index (χ0) is 26.3. The Morgan fingerprint density at radius 2 is 1.77 bits per heavy atom. The minimum absolute atomic E-state index is 0.116. The number of fused-ring (bicyclic) bond motifs is 3. The number of carboxylic acid groups (broad SMARTS) is 1. The van der Waals surface area contributed by atoms with Crippen molar-refractivity contribution >= 4 is 23.3 Å². The lowest BCUT2D eigenvalue weighted by Gasteiger charge is -2.56. The molecule has 2 fully saturated rings. The zero-order valence-electron chi connectivity index (χ0n) is 22.7. The maximum atomic E-state index is 13.5. The molecular formula is C30H44O5. The summed E-state index contributed by atoms with van der Waals surface area (Å²) in [6.45, 7) is 13.8. The number of ketones is 3. The lowest BCUT2D eigenvalue weighted by Crippen LogP contribution is -2.52. The summed E-state index contributed by atoms with van der Waals surface area (Å²) in [7, 11) is 0. The summed E-state index contributed by atoms with van der Waals surface area (Å²) in [4.78, 5) is 49.8. The van der Waals surface area contributed by atoms with E-state index in [2.05, 4.69) is 34.6 Å². The Hall–Kier alpha value is -2.04. The van der Waals surface area contributed by atoms with E-state index in [-0.39, 0.29) is 46.1 Å². The van der Waals surface area contributed by atoms with E-state index in [1.54, 1.807) is 19.9 Å². The normalized spacial score (nSPS) is 34.0. The van der Waals surface area contributed by atoms with E-state index in [1.807, 2.05) is 6.08 Å². The van der Waals surface area contributed by atoms with Crippen LogP contribution in [0.5, 0.6) is 0 Å². The van der Waals surface area contributed by atoms with Gasteiger partial charge in [0.1, 0.15) is 11.6 Å². The molecule has 0 aromatic heterocycles. The number of allylic oxidation sites excluding steroid dienone is 3. The molecule has 0 radical (unpaired) electrons. The summed E-state index contributed by atoms with van der Waals surface area (Å²) in [5, 5.41) is 9.05. The van der Waals surface area contributed by atoms with Crippen molar-refractivity contribution in [2.45, 2.75) is 99.8 Å². The summed E-state index contributed by atoms with van der Waals surface area (Å²) in [6, 6.07) is 0. The van der Waals surface area contributed by atoms with E-state index in [0.29, 0.717) is 37.0 Å². The predicted molar refractivity (Wildman–Crippen MR) is 137 cm³/mol. The zero-order valence-corrected chi connectivity index (χ0v) is 22.7. The molecule has 3 rings (SSSR count). The molecule has 6 atom stereocenters. The molecule has 0 amide bonds. The molecule has 0 aromatic carbocycles. The van der Waals surface area contributed by atoms with Crippen LogP contribution in [0, 0.1) is 39.9 Å². The summed E-state index contributed by atoms with van der Waals surface area (Å²) in [5.74, 6) is 0.191. The number of hydrogen-bond acceptors (Lipinski definition) is 4. The molecule has 0 heterocycles. The van der Waals surface area contributed by atoms with Crippen LogP contribution in [0.3, 0.4) is 0 Å². The van der Waals surface area contributed by atoms with Gasteiger partial charge in [-0.1, -0.05) is 46.3 Å². The first kappa shape index (κ1) is 27.5. The topological polar surface area (TPSA) is 88.5 Å². The standard InChI is InChI=1S/C30H44O5/c1-18(9-8-10-19(2)27(34)35)21(20(3)31)13-15-30(7)22-11-12-24-28(4,5)25(32)14-16-29(24,6)23(22)17-26(30)33/h10,17-18,21-22,24H,8-9,11-16H2,1-7H3,(H,34,35). The Kier molecular flexibility index (Phi) is 7.70. The highest BCUT2D eigenvalue weighted by atomic mass is 16.4. The van der Waals surface area contributed by atoms with E-state index < -0.39 is 11.4 Å². The molecule has 0 bridgehead atoms. The summed E-state index contributed by atoms with van der Waals surface area (Å²) < 4.78 is 0. The van der Waals surface area contributed by atoms with Crippen LogP contribution in [0.15, 0.2) is 23.3 Å². The lowest BCUT2D eigenvalue weighted by molar-refractivity contribution is -0.141. The first-order valence-electron chi connectivity index (χ1n) is 13.4. The molecule has 5 nitrogen and oxygen atoms in total. The van der Waals surface area contributed by atoms with Gasteiger partial charge < -0.3 is 5.11 Å². The molecule has 2 saturated carbocycles. The Morgan fingerprint density at radius 3 is 2.37 bits per heavy atom. The smallest absolute Gasteiger partial charge is 0.330 e. The largest absolute Gasteiger partial charge is 0.478 e. The molecule has 3 aliphatic carbocycles. The van der Waals surface area contributed by atoms with Crippen molar-refractivity contribution in [2.75, 3.05) is 0 Å². The van der Waals surface area contributed by atoms with E-state index >= 15 is 0 Å². The van der Waals surface area contributed by atoms with Crippen LogP contribution in [-0.2, 0) is 19.2 Å². The van der Waals surface area contributed by atoms with Gasteiger partial charge in [-0.2, -0.15) is 0 Å². The van der Waals surface area contributed by atoms with Gasteiger partial charge in [0.2, 0.25) is 0 Å². The van der Waals surface area contributed by atoms with Crippen molar-refractivity contribution in [1.82, 2.24) is 0 Å². The van der Waals surface area contributed by atoms with E-state index in [9.17, 15) is 19.2 Å². The molecule has 0 aromatic rings. The monoisotopic (exact) mass is 484 g/mol.